The van der Waals surface area contributed by atoms with Gasteiger partial charge in [0.2, 0.25) is 0 Å². The maximum atomic E-state index is 12.1. The molecule has 2 aromatic carbocycles. The van der Waals surface area contributed by atoms with Crippen molar-refractivity contribution in [2.45, 2.75) is 19.9 Å². The molecule has 2 rings (SSSR count). The number of carbonyl (C=O) groups excluding carboxylic acids is 3. The molecular weight excluding hydrogens is 372 g/mol. The van der Waals surface area contributed by atoms with Crippen molar-refractivity contribution in [3.8, 4) is 5.75 Å². The molecule has 1 amide bonds. The van der Waals surface area contributed by atoms with Crippen molar-refractivity contribution in [3.63, 3.8) is 0 Å². The van der Waals surface area contributed by atoms with Crippen molar-refractivity contribution in [3.05, 3.63) is 59.2 Å². The van der Waals surface area contributed by atoms with Crippen LogP contribution >= 0.6 is 0 Å². The van der Waals surface area contributed by atoms with E-state index in [-0.39, 0.29) is 24.7 Å². The Hall–Kier alpha value is -3.35. The molecule has 29 heavy (non-hydrogen) atoms. The Bertz CT molecular complexity index is 875. The van der Waals surface area contributed by atoms with E-state index in [1.165, 1.54) is 14.0 Å². The van der Waals surface area contributed by atoms with E-state index in [4.69, 9.17) is 9.47 Å². The summed E-state index contributed by atoms with van der Waals surface area (Å²) in [7, 11) is 5.39. The van der Waals surface area contributed by atoms with Crippen molar-refractivity contribution in [2.75, 3.05) is 32.7 Å². The molecule has 0 radical (unpaired) electrons. The van der Waals surface area contributed by atoms with E-state index in [0.717, 1.165) is 11.3 Å². The third-order valence-electron chi connectivity index (χ3n) is 4.33. The van der Waals surface area contributed by atoms with E-state index in [1.54, 1.807) is 18.2 Å². The first kappa shape index (κ1) is 21.9. The van der Waals surface area contributed by atoms with Crippen molar-refractivity contribution < 1.29 is 23.9 Å². The van der Waals surface area contributed by atoms with Gasteiger partial charge in [-0.05, 0) is 42.8 Å². The van der Waals surface area contributed by atoms with Gasteiger partial charge >= 0.3 is 5.97 Å². The van der Waals surface area contributed by atoms with E-state index in [2.05, 4.69) is 5.32 Å². The van der Waals surface area contributed by atoms with Crippen molar-refractivity contribution >= 4 is 23.3 Å². The lowest BCUT2D eigenvalue weighted by molar-refractivity contribution is -0.147. The topological polar surface area (TPSA) is 84.9 Å². The SMILES string of the molecule is COc1ccc(C(C)=O)cc1CC(=O)OCC(=O)NCc1ccc(N(C)C)cc1. The lowest BCUT2D eigenvalue weighted by Gasteiger charge is -2.13. The van der Waals surface area contributed by atoms with Crippen LogP contribution in [-0.2, 0) is 27.3 Å². The zero-order chi connectivity index (χ0) is 21.4. The third-order valence-corrected chi connectivity index (χ3v) is 4.33. The van der Waals surface area contributed by atoms with Crippen LogP contribution < -0.4 is 15.0 Å². The number of Topliss-reactive ketones (excluding diaryl/α,β-unsaturated/α-hetero) is 1. The molecule has 0 aromatic heterocycles. The molecule has 2 aromatic rings. The molecule has 0 unspecified atom stereocenters. The Morgan fingerprint density at radius 1 is 1.03 bits per heavy atom. The van der Waals surface area contributed by atoms with Crippen LogP contribution in [0.3, 0.4) is 0 Å². The number of hydrogen-bond acceptors (Lipinski definition) is 6. The number of rotatable bonds is 9. The Morgan fingerprint density at radius 2 is 1.72 bits per heavy atom. The maximum Gasteiger partial charge on any atom is 0.310 e. The first-order valence-electron chi connectivity index (χ1n) is 9.16. The first-order chi connectivity index (χ1) is 13.8. The molecule has 0 fully saturated rings. The summed E-state index contributed by atoms with van der Waals surface area (Å²) in [6.45, 7) is 1.42. The first-order valence-corrected chi connectivity index (χ1v) is 9.16. The fourth-order valence-electron chi connectivity index (χ4n) is 2.65. The zero-order valence-corrected chi connectivity index (χ0v) is 17.2. The Kier molecular flexibility index (Phi) is 7.77. The summed E-state index contributed by atoms with van der Waals surface area (Å²) < 4.78 is 10.3. The highest BCUT2D eigenvalue weighted by molar-refractivity contribution is 5.94. The summed E-state index contributed by atoms with van der Waals surface area (Å²) in [5, 5.41) is 2.71. The molecule has 7 heteroatoms. The minimum atomic E-state index is -0.575. The number of methoxy groups -OCH3 is 1. The van der Waals surface area contributed by atoms with E-state index in [0.29, 0.717) is 23.4 Å². The van der Waals surface area contributed by atoms with Gasteiger partial charge in [-0.1, -0.05) is 12.1 Å². The molecule has 0 aliphatic carbocycles. The quantitative estimate of drug-likeness (QED) is 0.516. The van der Waals surface area contributed by atoms with E-state index < -0.39 is 5.97 Å². The number of anilines is 1. The Labute approximate surface area is 170 Å². The summed E-state index contributed by atoms with van der Waals surface area (Å²) in [5.74, 6) is -0.591. The van der Waals surface area contributed by atoms with Crippen LogP contribution in [0.1, 0.15) is 28.4 Å². The van der Waals surface area contributed by atoms with Crippen molar-refractivity contribution in [1.82, 2.24) is 5.32 Å². The predicted molar refractivity (Wildman–Crippen MR) is 110 cm³/mol. The largest absolute Gasteiger partial charge is 0.496 e. The monoisotopic (exact) mass is 398 g/mol. The minimum absolute atomic E-state index is 0.0937. The molecule has 0 atom stereocenters. The van der Waals surface area contributed by atoms with Gasteiger partial charge < -0.3 is 19.7 Å². The highest BCUT2D eigenvalue weighted by Crippen LogP contribution is 2.21. The van der Waals surface area contributed by atoms with Gasteiger partial charge in [-0.2, -0.15) is 0 Å². The van der Waals surface area contributed by atoms with Gasteiger partial charge in [0.05, 0.1) is 13.5 Å². The second-order valence-electron chi connectivity index (χ2n) is 6.76. The summed E-state index contributed by atoms with van der Waals surface area (Å²) in [4.78, 5) is 37.6. The number of nitrogens with zero attached hydrogens (tertiary/aromatic N) is 1. The second kappa shape index (κ2) is 10.3. The number of nitrogens with one attached hydrogen (secondary N) is 1. The summed E-state index contributed by atoms with van der Waals surface area (Å²) >= 11 is 0. The van der Waals surface area contributed by atoms with Crippen LogP contribution in [0.25, 0.3) is 0 Å². The van der Waals surface area contributed by atoms with Crippen molar-refractivity contribution in [2.24, 2.45) is 0 Å². The number of amides is 1. The Balaban J connectivity index is 1.83. The van der Waals surface area contributed by atoms with Gasteiger partial charge in [-0.15, -0.1) is 0 Å². The van der Waals surface area contributed by atoms with Gasteiger partial charge in [0.15, 0.2) is 12.4 Å². The molecule has 0 bridgehead atoms. The summed E-state index contributed by atoms with van der Waals surface area (Å²) in [5.41, 5.74) is 3.03. The van der Waals surface area contributed by atoms with E-state index in [9.17, 15) is 14.4 Å². The predicted octanol–water partition coefficient (Wildman–Crippen LogP) is 2.37. The normalized spacial score (nSPS) is 10.2. The number of ether oxygens (including phenoxy) is 2. The molecule has 0 saturated heterocycles. The van der Waals surface area contributed by atoms with Gasteiger partial charge in [-0.25, -0.2) is 0 Å². The smallest absolute Gasteiger partial charge is 0.310 e. The fourth-order valence-corrected chi connectivity index (χ4v) is 2.65. The number of esters is 1. The van der Waals surface area contributed by atoms with Gasteiger partial charge in [0, 0.05) is 37.5 Å². The second-order valence-corrected chi connectivity index (χ2v) is 6.76. The third kappa shape index (κ3) is 6.64. The summed E-state index contributed by atoms with van der Waals surface area (Å²) in [6, 6.07) is 12.6. The van der Waals surface area contributed by atoms with Gasteiger partial charge in [0.25, 0.3) is 5.91 Å². The molecule has 154 valence electrons. The standard InChI is InChI=1S/C22H26N2O5/c1-15(25)17-7-10-20(28-4)18(11-17)12-22(27)29-14-21(26)23-13-16-5-8-19(9-6-16)24(2)3/h5-11H,12-14H2,1-4H3,(H,23,26). The zero-order valence-electron chi connectivity index (χ0n) is 17.2. The van der Waals surface area contributed by atoms with Crippen LogP contribution in [0.4, 0.5) is 5.69 Å². The van der Waals surface area contributed by atoms with E-state index in [1.807, 2.05) is 43.3 Å². The molecule has 1 N–H and O–H groups in total. The van der Waals surface area contributed by atoms with Crippen LogP contribution in [-0.4, -0.2) is 45.5 Å². The van der Waals surface area contributed by atoms with Gasteiger partial charge in [0.1, 0.15) is 5.75 Å². The molecule has 0 spiro atoms. The van der Waals surface area contributed by atoms with Crippen LogP contribution in [0.2, 0.25) is 0 Å². The molecule has 0 aliphatic heterocycles. The molecular formula is C22H26N2O5. The van der Waals surface area contributed by atoms with Crippen LogP contribution in [0.15, 0.2) is 42.5 Å². The Morgan fingerprint density at radius 3 is 2.31 bits per heavy atom. The lowest BCUT2D eigenvalue weighted by atomic mass is 10.0. The van der Waals surface area contributed by atoms with Crippen LogP contribution in [0, 0.1) is 0 Å². The number of ketones is 1. The molecule has 0 aliphatic rings. The number of carbonyl (C=O) groups is 3. The molecule has 7 nitrogen and oxygen atoms in total. The van der Waals surface area contributed by atoms with Crippen molar-refractivity contribution in [1.29, 1.82) is 0 Å². The summed E-state index contributed by atoms with van der Waals surface area (Å²) in [6.07, 6.45) is -0.0937. The minimum Gasteiger partial charge on any atom is -0.496 e. The molecule has 0 heterocycles. The van der Waals surface area contributed by atoms with Gasteiger partial charge in [-0.3, -0.25) is 14.4 Å². The average Bonchev–Trinajstić information content (AvgIpc) is 2.70. The maximum absolute atomic E-state index is 12.1. The fraction of sp³-hybridized carbons (Fsp3) is 0.318. The van der Waals surface area contributed by atoms with Crippen LogP contribution in [0.5, 0.6) is 5.75 Å². The highest BCUT2D eigenvalue weighted by atomic mass is 16.5. The number of benzene rings is 2. The molecule has 0 saturated carbocycles. The lowest BCUT2D eigenvalue weighted by Crippen LogP contribution is -2.28. The number of hydrogen-bond donors (Lipinski definition) is 1. The highest BCUT2D eigenvalue weighted by Gasteiger charge is 2.14. The van der Waals surface area contributed by atoms with E-state index >= 15 is 0 Å². The average molecular weight is 398 g/mol.